The third-order valence-corrected chi connectivity index (χ3v) is 7.63. The molecule has 3 heterocycles. The lowest BCUT2D eigenvalue weighted by molar-refractivity contribution is 0.0557. The molecule has 3 aromatic rings. The number of hydrogen-bond acceptors (Lipinski definition) is 3. The number of aryl methyl sites for hydroxylation is 1. The van der Waals surface area contributed by atoms with E-state index in [0.717, 1.165) is 35.9 Å². The second-order valence-electron chi connectivity index (χ2n) is 9.26. The maximum Gasteiger partial charge on any atom is 0.270 e. The van der Waals surface area contributed by atoms with Crippen molar-refractivity contribution in [3.8, 4) is 5.75 Å². The number of carbonyl (C=O) groups excluding carboxylic acids is 2. The van der Waals surface area contributed by atoms with Crippen LogP contribution >= 0.6 is 11.6 Å². The number of ether oxygens (including phenoxy) is 1. The molecule has 7 heteroatoms. The number of aromatic nitrogens is 1. The molecule has 2 amide bonds. The van der Waals surface area contributed by atoms with E-state index in [9.17, 15) is 9.59 Å². The number of piperidine rings is 1. The van der Waals surface area contributed by atoms with Gasteiger partial charge < -0.3 is 19.1 Å². The average molecular weight is 466 g/mol. The number of likely N-dealkylation sites (tertiary alicyclic amines) is 2. The number of amides is 2. The monoisotopic (exact) mass is 465 g/mol. The smallest absolute Gasteiger partial charge is 0.270 e. The summed E-state index contributed by atoms with van der Waals surface area (Å²) >= 11 is 6.13. The summed E-state index contributed by atoms with van der Waals surface area (Å²) in [5.74, 6) is 0.582. The van der Waals surface area contributed by atoms with Crippen molar-refractivity contribution < 1.29 is 14.3 Å². The highest BCUT2D eigenvalue weighted by Crippen LogP contribution is 2.41. The highest BCUT2D eigenvalue weighted by Gasteiger charge is 2.43. The molecule has 6 nitrogen and oxygen atoms in total. The van der Waals surface area contributed by atoms with E-state index < -0.39 is 0 Å². The molecule has 2 saturated heterocycles. The first-order valence-corrected chi connectivity index (χ1v) is 11.8. The Bertz CT molecular complexity index is 1230. The Labute approximate surface area is 198 Å². The van der Waals surface area contributed by atoms with E-state index in [-0.39, 0.29) is 17.2 Å². The number of fused-ring (bicyclic) bond motifs is 1. The van der Waals surface area contributed by atoms with Crippen molar-refractivity contribution in [1.82, 2.24) is 14.4 Å². The van der Waals surface area contributed by atoms with Crippen LogP contribution in [0.1, 0.15) is 40.1 Å². The van der Waals surface area contributed by atoms with E-state index in [1.807, 2.05) is 51.7 Å². The largest absolute Gasteiger partial charge is 0.496 e. The van der Waals surface area contributed by atoms with Crippen LogP contribution in [0.3, 0.4) is 0 Å². The first-order valence-electron chi connectivity index (χ1n) is 11.4. The molecule has 1 aromatic heterocycles. The molecule has 2 aromatic carbocycles. The van der Waals surface area contributed by atoms with Crippen molar-refractivity contribution in [3.63, 3.8) is 0 Å². The Hall–Kier alpha value is -2.99. The molecule has 2 fully saturated rings. The lowest BCUT2D eigenvalue weighted by Gasteiger charge is -2.39. The summed E-state index contributed by atoms with van der Waals surface area (Å²) in [6, 6.07) is 15.2. The highest BCUT2D eigenvalue weighted by atomic mass is 35.5. The summed E-state index contributed by atoms with van der Waals surface area (Å²) in [7, 11) is 3.51. The normalized spacial score (nSPS) is 17.7. The molecule has 33 heavy (non-hydrogen) atoms. The molecule has 0 radical (unpaired) electrons. The second-order valence-corrected chi connectivity index (χ2v) is 9.70. The van der Waals surface area contributed by atoms with Crippen LogP contribution in [0.25, 0.3) is 10.9 Å². The number of benzene rings is 2. The van der Waals surface area contributed by atoms with Gasteiger partial charge in [-0.15, -0.1) is 0 Å². The summed E-state index contributed by atoms with van der Waals surface area (Å²) in [5, 5.41) is 1.60. The molecule has 2 aliphatic rings. The number of halogens is 1. The third-order valence-electron chi connectivity index (χ3n) is 7.40. The van der Waals surface area contributed by atoms with Crippen molar-refractivity contribution in [2.45, 2.75) is 19.3 Å². The molecule has 0 saturated carbocycles. The third kappa shape index (κ3) is 3.86. The SMILES string of the molecule is COc1ccc(Cl)cc1C(=O)N1CCC2(CCN(C(=O)c3cc4ccccc4n3C)CC2)C1. The Balaban J connectivity index is 1.26. The molecule has 0 atom stereocenters. The summed E-state index contributed by atoms with van der Waals surface area (Å²) in [4.78, 5) is 30.3. The van der Waals surface area contributed by atoms with Gasteiger partial charge in [0.1, 0.15) is 11.4 Å². The Morgan fingerprint density at radius 2 is 1.64 bits per heavy atom. The minimum Gasteiger partial charge on any atom is -0.496 e. The number of methoxy groups -OCH3 is 1. The molecule has 0 aliphatic carbocycles. The van der Waals surface area contributed by atoms with Crippen LogP contribution in [0.4, 0.5) is 0 Å². The topological polar surface area (TPSA) is 54.8 Å². The number of para-hydroxylation sites is 1. The van der Waals surface area contributed by atoms with Gasteiger partial charge in [0.05, 0.1) is 12.7 Å². The molecule has 0 bridgehead atoms. The number of nitrogens with zero attached hydrogens (tertiary/aromatic N) is 3. The van der Waals surface area contributed by atoms with Crippen LogP contribution in [-0.4, -0.2) is 59.5 Å². The fourth-order valence-electron chi connectivity index (χ4n) is 5.37. The quantitative estimate of drug-likeness (QED) is 0.567. The maximum absolute atomic E-state index is 13.3. The Kier molecular flexibility index (Phi) is 5.57. The van der Waals surface area contributed by atoms with Gasteiger partial charge in [0.25, 0.3) is 11.8 Å². The van der Waals surface area contributed by atoms with Gasteiger partial charge in [-0.05, 0) is 55.0 Å². The van der Waals surface area contributed by atoms with Crippen LogP contribution in [0.15, 0.2) is 48.5 Å². The minimum absolute atomic E-state index is 0.0415. The molecule has 172 valence electrons. The zero-order chi connectivity index (χ0) is 23.2. The Morgan fingerprint density at radius 1 is 0.939 bits per heavy atom. The summed E-state index contributed by atoms with van der Waals surface area (Å²) in [6.45, 7) is 2.84. The van der Waals surface area contributed by atoms with Gasteiger partial charge in [-0.1, -0.05) is 29.8 Å². The molecule has 5 rings (SSSR count). The van der Waals surface area contributed by atoms with Crippen molar-refractivity contribution in [2.75, 3.05) is 33.3 Å². The van der Waals surface area contributed by atoms with E-state index >= 15 is 0 Å². The summed E-state index contributed by atoms with van der Waals surface area (Å²) < 4.78 is 7.36. The van der Waals surface area contributed by atoms with Gasteiger partial charge in [0, 0.05) is 49.2 Å². The van der Waals surface area contributed by atoms with Crippen LogP contribution < -0.4 is 4.74 Å². The number of carbonyl (C=O) groups is 2. The van der Waals surface area contributed by atoms with Crippen molar-refractivity contribution >= 4 is 34.3 Å². The fourth-order valence-corrected chi connectivity index (χ4v) is 5.55. The van der Waals surface area contributed by atoms with Gasteiger partial charge >= 0.3 is 0 Å². The first-order chi connectivity index (χ1) is 15.9. The van der Waals surface area contributed by atoms with Crippen LogP contribution in [0.2, 0.25) is 5.02 Å². The van der Waals surface area contributed by atoms with Crippen LogP contribution in [0, 0.1) is 5.41 Å². The maximum atomic E-state index is 13.3. The molecule has 2 aliphatic heterocycles. The van der Waals surface area contributed by atoms with Crippen molar-refractivity contribution in [3.05, 3.63) is 64.8 Å². The fraction of sp³-hybridized carbons (Fsp3) is 0.385. The second kappa shape index (κ2) is 8.41. The summed E-state index contributed by atoms with van der Waals surface area (Å²) in [5.41, 5.74) is 2.36. The summed E-state index contributed by atoms with van der Waals surface area (Å²) in [6.07, 6.45) is 2.76. The zero-order valence-electron chi connectivity index (χ0n) is 19.0. The van der Waals surface area contributed by atoms with Gasteiger partial charge in [0.15, 0.2) is 0 Å². The standard InChI is InChI=1S/C26H28ClN3O3/c1-28-21-6-4-3-5-18(21)15-22(28)25(32)29-12-9-26(10-13-29)11-14-30(17-26)24(31)20-16-19(27)7-8-23(20)33-2/h3-8,15-16H,9-14,17H2,1-2H3. The van der Waals surface area contributed by atoms with Gasteiger partial charge in [-0.25, -0.2) is 0 Å². The highest BCUT2D eigenvalue weighted by molar-refractivity contribution is 6.31. The number of rotatable bonds is 3. The predicted octanol–water partition coefficient (Wildman–Crippen LogP) is 4.61. The van der Waals surface area contributed by atoms with E-state index in [4.69, 9.17) is 16.3 Å². The lowest BCUT2D eigenvalue weighted by Crippen LogP contribution is -2.45. The molecule has 1 spiro atoms. The van der Waals surface area contributed by atoms with Gasteiger partial charge in [0.2, 0.25) is 0 Å². The minimum atomic E-state index is -0.0415. The van der Waals surface area contributed by atoms with Gasteiger partial charge in [-0.2, -0.15) is 0 Å². The zero-order valence-corrected chi connectivity index (χ0v) is 19.8. The van der Waals surface area contributed by atoms with Crippen LogP contribution in [0.5, 0.6) is 5.75 Å². The van der Waals surface area contributed by atoms with E-state index in [2.05, 4.69) is 0 Å². The molecular formula is C26H28ClN3O3. The predicted molar refractivity (Wildman–Crippen MR) is 129 cm³/mol. The lowest BCUT2D eigenvalue weighted by atomic mass is 9.77. The van der Waals surface area contributed by atoms with E-state index in [1.165, 1.54) is 0 Å². The van der Waals surface area contributed by atoms with Crippen molar-refractivity contribution in [1.29, 1.82) is 0 Å². The average Bonchev–Trinajstić information content (AvgIpc) is 3.40. The van der Waals surface area contributed by atoms with Crippen molar-refractivity contribution in [2.24, 2.45) is 12.5 Å². The van der Waals surface area contributed by atoms with Crippen LogP contribution in [-0.2, 0) is 7.05 Å². The number of hydrogen-bond donors (Lipinski definition) is 0. The molecule has 0 N–H and O–H groups in total. The molecule has 0 unspecified atom stereocenters. The first kappa shape index (κ1) is 21.8. The molecular weight excluding hydrogens is 438 g/mol. The van der Waals surface area contributed by atoms with E-state index in [1.54, 1.807) is 25.3 Å². The Morgan fingerprint density at radius 3 is 2.33 bits per heavy atom. The van der Waals surface area contributed by atoms with Gasteiger partial charge in [-0.3, -0.25) is 9.59 Å². The van der Waals surface area contributed by atoms with E-state index in [0.29, 0.717) is 42.5 Å².